The fourth-order valence-corrected chi connectivity index (χ4v) is 2.85. The van der Waals surface area contributed by atoms with Gasteiger partial charge in [0.15, 0.2) is 0 Å². The van der Waals surface area contributed by atoms with Crippen molar-refractivity contribution in [2.45, 2.75) is 18.9 Å². The number of benzene rings is 1. The molecule has 1 aliphatic heterocycles. The molecule has 1 aliphatic rings. The average Bonchev–Trinajstić information content (AvgIpc) is 2.98. The number of nitrogens with zero attached hydrogens (tertiary/aromatic N) is 1. The van der Waals surface area contributed by atoms with Crippen molar-refractivity contribution in [2.75, 3.05) is 33.4 Å². The summed E-state index contributed by atoms with van der Waals surface area (Å²) in [7, 11) is 1.62. The number of carbonyl (C=O) groups is 1. The summed E-state index contributed by atoms with van der Waals surface area (Å²) in [6, 6.07) is 4.68. The summed E-state index contributed by atoms with van der Waals surface area (Å²) in [5.74, 6) is -0.464. The van der Waals surface area contributed by atoms with Crippen LogP contribution in [0, 0.1) is 5.82 Å². The van der Waals surface area contributed by atoms with Gasteiger partial charge in [-0.15, -0.1) is 0 Å². The fraction of sp³-hybridized carbons (Fsp3) is 0.533. The number of hydrogen-bond donors (Lipinski definition) is 1. The first-order valence-electron chi connectivity index (χ1n) is 7.08. The first-order valence-corrected chi connectivity index (χ1v) is 7.87. The monoisotopic (exact) mass is 358 g/mol. The van der Waals surface area contributed by atoms with Gasteiger partial charge < -0.3 is 15.0 Å². The number of rotatable bonds is 6. The number of nitrogens with one attached hydrogen (secondary N) is 1. The largest absolute Gasteiger partial charge is 0.383 e. The maximum Gasteiger partial charge on any atom is 0.254 e. The Bertz CT molecular complexity index is 493. The van der Waals surface area contributed by atoms with Crippen LogP contribution in [0.1, 0.15) is 23.2 Å². The Balaban J connectivity index is 2.09. The van der Waals surface area contributed by atoms with Crippen LogP contribution >= 0.6 is 15.9 Å². The highest BCUT2D eigenvalue weighted by molar-refractivity contribution is 9.10. The molecule has 1 amide bonds. The zero-order valence-electron chi connectivity index (χ0n) is 12.1. The van der Waals surface area contributed by atoms with E-state index < -0.39 is 0 Å². The van der Waals surface area contributed by atoms with Crippen molar-refractivity contribution in [2.24, 2.45) is 0 Å². The number of carbonyl (C=O) groups excluding carboxylic acids is 1. The van der Waals surface area contributed by atoms with Gasteiger partial charge in [-0.1, -0.05) is 0 Å². The van der Waals surface area contributed by atoms with Crippen LogP contribution in [-0.4, -0.2) is 50.2 Å². The average molecular weight is 359 g/mol. The molecule has 1 N–H and O–H groups in total. The first kappa shape index (κ1) is 16.4. The smallest absolute Gasteiger partial charge is 0.254 e. The number of halogens is 2. The van der Waals surface area contributed by atoms with E-state index in [2.05, 4.69) is 21.2 Å². The molecule has 4 nitrogen and oxygen atoms in total. The van der Waals surface area contributed by atoms with Crippen LogP contribution in [-0.2, 0) is 4.74 Å². The Morgan fingerprint density at radius 2 is 2.38 bits per heavy atom. The quantitative estimate of drug-likeness (QED) is 0.848. The molecule has 1 fully saturated rings. The summed E-state index contributed by atoms with van der Waals surface area (Å²) in [5.41, 5.74) is 0.484. The molecule has 1 heterocycles. The third-order valence-electron chi connectivity index (χ3n) is 3.62. The van der Waals surface area contributed by atoms with Crippen molar-refractivity contribution in [3.05, 3.63) is 34.1 Å². The standard InChI is InChI=1S/C15H20BrFN2O2/c1-21-8-7-19(10-12-3-2-6-18-12)15(20)11-4-5-14(17)13(16)9-11/h4-5,9,12,18H,2-3,6-8,10H2,1H3. The zero-order valence-corrected chi connectivity index (χ0v) is 13.7. The van der Waals surface area contributed by atoms with Gasteiger partial charge in [0.1, 0.15) is 5.82 Å². The van der Waals surface area contributed by atoms with E-state index in [1.54, 1.807) is 12.0 Å². The van der Waals surface area contributed by atoms with Crippen molar-refractivity contribution < 1.29 is 13.9 Å². The molecule has 1 unspecified atom stereocenters. The second kappa shape index (κ2) is 7.87. The summed E-state index contributed by atoms with van der Waals surface area (Å²) in [6.07, 6.45) is 2.21. The van der Waals surface area contributed by atoms with Crippen LogP contribution in [0.25, 0.3) is 0 Å². The minimum absolute atomic E-state index is 0.0959. The van der Waals surface area contributed by atoms with Gasteiger partial charge in [-0.05, 0) is 53.5 Å². The van der Waals surface area contributed by atoms with Gasteiger partial charge in [0.2, 0.25) is 0 Å². The number of ether oxygens (including phenoxy) is 1. The van der Waals surface area contributed by atoms with Crippen molar-refractivity contribution in [1.82, 2.24) is 10.2 Å². The van der Waals surface area contributed by atoms with E-state index in [1.165, 1.54) is 18.2 Å². The maximum atomic E-state index is 13.3. The molecular weight excluding hydrogens is 339 g/mol. The van der Waals surface area contributed by atoms with Crippen LogP contribution < -0.4 is 5.32 Å². The molecule has 1 atom stereocenters. The SMILES string of the molecule is COCCN(CC1CCCN1)C(=O)c1ccc(F)c(Br)c1. The third-order valence-corrected chi connectivity index (χ3v) is 4.23. The van der Waals surface area contributed by atoms with Crippen LogP contribution in [0.4, 0.5) is 4.39 Å². The highest BCUT2D eigenvalue weighted by atomic mass is 79.9. The first-order chi connectivity index (χ1) is 10.1. The van der Waals surface area contributed by atoms with E-state index in [4.69, 9.17) is 4.74 Å². The van der Waals surface area contributed by atoms with Crippen LogP contribution in [0.15, 0.2) is 22.7 Å². The van der Waals surface area contributed by atoms with Crippen molar-refractivity contribution >= 4 is 21.8 Å². The van der Waals surface area contributed by atoms with E-state index in [0.717, 1.165) is 19.4 Å². The minimum atomic E-state index is -0.368. The molecule has 21 heavy (non-hydrogen) atoms. The molecule has 1 saturated heterocycles. The third kappa shape index (κ3) is 4.49. The summed E-state index contributed by atoms with van der Waals surface area (Å²) < 4.78 is 18.7. The van der Waals surface area contributed by atoms with Crippen molar-refractivity contribution in [1.29, 1.82) is 0 Å². The predicted octanol–water partition coefficient (Wildman–Crippen LogP) is 2.43. The van der Waals surface area contributed by atoms with E-state index in [0.29, 0.717) is 35.8 Å². The Morgan fingerprint density at radius 3 is 3.00 bits per heavy atom. The molecule has 0 spiro atoms. The molecule has 1 aromatic carbocycles. The molecule has 2 rings (SSSR count). The van der Waals surface area contributed by atoms with Crippen molar-refractivity contribution in [3.63, 3.8) is 0 Å². The van der Waals surface area contributed by atoms with Gasteiger partial charge in [0, 0.05) is 31.8 Å². The van der Waals surface area contributed by atoms with E-state index in [9.17, 15) is 9.18 Å². The molecule has 0 saturated carbocycles. The lowest BCUT2D eigenvalue weighted by Crippen LogP contribution is -2.42. The van der Waals surface area contributed by atoms with E-state index in [1.807, 2.05) is 0 Å². The molecule has 0 aromatic heterocycles. The lowest BCUT2D eigenvalue weighted by Gasteiger charge is -2.26. The van der Waals surface area contributed by atoms with Crippen molar-refractivity contribution in [3.8, 4) is 0 Å². The molecule has 0 aliphatic carbocycles. The minimum Gasteiger partial charge on any atom is -0.383 e. The summed E-state index contributed by atoms with van der Waals surface area (Å²) in [4.78, 5) is 14.4. The van der Waals surface area contributed by atoms with Gasteiger partial charge in [-0.25, -0.2) is 4.39 Å². The molecule has 1 aromatic rings. The molecular formula is C15H20BrFN2O2. The second-order valence-corrected chi connectivity index (χ2v) is 6.02. The normalized spacial score (nSPS) is 18.0. The van der Waals surface area contributed by atoms with Gasteiger partial charge in [0.25, 0.3) is 5.91 Å². The maximum absolute atomic E-state index is 13.3. The van der Waals surface area contributed by atoms with E-state index in [-0.39, 0.29) is 11.7 Å². The summed E-state index contributed by atoms with van der Waals surface area (Å²) in [6.45, 7) is 2.67. The van der Waals surface area contributed by atoms with Crippen LogP contribution in [0.5, 0.6) is 0 Å². The topological polar surface area (TPSA) is 41.6 Å². The van der Waals surface area contributed by atoms with Crippen LogP contribution in [0.2, 0.25) is 0 Å². The highest BCUT2D eigenvalue weighted by Gasteiger charge is 2.22. The highest BCUT2D eigenvalue weighted by Crippen LogP contribution is 2.18. The Labute approximate surface area is 132 Å². The Hall–Kier alpha value is -0.980. The van der Waals surface area contributed by atoms with E-state index >= 15 is 0 Å². The fourth-order valence-electron chi connectivity index (χ4n) is 2.47. The second-order valence-electron chi connectivity index (χ2n) is 5.17. The van der Waals surface area contributed by atoms with Crippen LogP contribution in [0.3, 0.4) is 0 Å². The van der Waals surface area contributed by atoms with Gasteiger partial charge in [-0.3, -0.25) is 4.79 Å². The number of amides is 1. The molecule has 116 valence electrons. The molecule has 0 bridgehead atoms. The lowest BCUT2D eigenvalue weighted by atomic mass is 10.1. The summed E-state index contributed by atoms with van der Waals surface area (Å²) in [5, 5.41) is 3.39. The number of methoxy groups -OCH3 is 1. The lowest BCUT2D eigenvalue weighted by molar-refractivity contribution is 0.0679. The molecule has 0 radical (unpaired) electrons. The summed E-state index contributed by atoms with van der Waals surface area (Å²) >= 11 is 3.12. The zero-order chi connectivity index (χ0) is 15.2. The predicted molar refractivity (Wildman–Crippen MR) is 82.9 cm³/mol. The Morgan fingerprint density at radius 1 is 1.57 bits per heavy atom. The van der Waals surface area contributed by atoms with Gasteiger partial charge in [-0.2, -0.15) is 0 Å². The van der Waals surface area contributed by atoms with Gasteiger partial charge in [0.05, 0.1) is 11.1 Å². The molecule has 6 heteroatoms. The number of hydrogen-bond acceptors (Lipinski definition) is 3. The Kier molecular flexibility index (Phi) is 6.14. The van der Waals surface area contributed by atoms with Gasteiger partial charge >= 0.3 is 0 Å².